The first kappa shape index (κ1) is 25.7. The van der Waals surface area contributed by atoms with E-state index in [0.29, 0.717) is 39.4 Å². The van der Waals surface area contributed by atoms with Gasteiger partial charge in [-0.2, -0.15) is 0 Å². The average Bonchev–Trinajstić information content (AvgIpc) is 2.85. The molecule has 1 aliphatic heterocycles. The second-order valence-electron chi connectivity index (χ2n) is 7.49. The highest BCUT2D eigenvalue weighted by Gasteiger charge is 2.15. The standard InChI is InChI=1S/C25H25Cl2N7O/c1-15-4-3-5-24(33-15)34-21(12-23(29)32-14-16-6-7-19(26)20(27)10-16)17-8-9-31-22(11-17)18(13-28)25(35)30-2/h3-13,28,31H,14H2,1-2H3,(H2,29,32)(H,30,35)(H,33,34)/b21-12-,22-18+,28-13?. The van der Waals surface area contributed by atoms with Crippen molar-refractivity contribution in [3.8, 4) is 0 Å². The van der Waals surface area contributed by atoms with E-state index < -0.39 is 0 Å². The number of nitrogens with zero attached hydrogens (tertiary/aromatic N) is 1. The predicted octanol–water partition coefficient (Wildman–Crippen LogP) is 4.45. The molecule has 0 atom stereocenters. The lowest BCUT2D eigenvalue weighted by molar-refractivity contribution is -0.116. The summed E-state index contributed by atoms with van der Waals surface area (Å²) in [6, 6.07) is 10.9. The number of carbonyl (C=O) groups excluding carboxylic acids is 1. The minimum atomic E-state index is -0.386. The van der Waals surface area contributed by atoms with Gasteiger partial charge in [0.2, 0.25) is 0 Å². The van der Waals surface area contributed by atoms with Gasteiger partial charge in [0.15, 0.2) is 0 Å². The fraction of sp³-hybridized carbons (Fsp3) is 0.120. The Labute approximate surface area is 213 Å². The summed E-state index contributed by atoms with van der Waals surface area (Å²) in [7, 11) is 1.51. The van der Waals surface area contributed by atoms with E-state index in [1.54, 1.807) is 36.6 Å². The summed E-state index contributed by atoms with van der Waals surface area (Å²) in [5.74, 6) is 0.358. The summed E-state index contributed by atoms with van der Waals surface area (Å²) in [5, 5.41) is 28.9. The Morgan fingerprint density at radius 2 is 2.00 bits per heavy atom. The van der Waals surface area contributed by atoms with Crippen LogP contribution in [0.2, 0.25) is 10.0 Å². The van der Waals surface area contributed by atoms with E-state index in [1.807, 2.05) is 31.2 Å². The largest absolute Gasteiger partial charge is 0.366 e. The molecule has 1 aliphatic rings. The monoisotopic (exact) mass is 509 g/mol. The average molecular weight is 510 g/mol. The topological polar surface area (TPSA) is 126 Å². The molecule has 1 amide bonds. The van der Waals surface area contributed by atoms with Gasteiger partial charge in [-0.25, -0.2) is 4.98 Å². The van der Waals surface area contributed by atoms with Crippen LogP contribution in [0.1, 0.15) is 11.3 Å². The molecule has 6 N–H and O–H groups in total. The summed E-state index contributed by atoms with van der Waals surface area (Å²) >= 11 is 12.1. The summed E-state index contributed by atoms with van der Waals surface area (Å²) < 4.78 is 0. The normalized spacial score (nSPS) is 14.4. The number of carbonyl (C=O) groups is 1. The molecule has 0 spiro atoms. The molecule has 8 nitrogen and oxygen atoms in total. The highest BCUT2D eigenvalue weighted by atomic mass is 35.5. The number of rotatable bonds is 8. The van der Waals surface area contributed by atoms with Gasteiger partial charge < -0.3 is 26.7 Å². The summed E-state index contributed by atoms with van der Waals surface area (Å²) in [4.78, 5) is 16.7. The first-order valence-corrected chi connectivity index (χ1v) is 11.4. The van der Waals surface area contributed by atoms with Crippen molar-refractivity contribution in [2.75, 3.05) is 12.4 Å². The lowest BCUT2D eigenvalue weighted by Gasteiger charge is -2.18. The van der Waals surface area contributed by atoms with Crippen molar-refractivity contribution in [2.24, 2.45) is 0 Å². The Kier molecular flexibility index (Phi) is 8.83. The van der Waals surface area contributed by atoms with Crippen molar-refractivity contribution in [1.82, 2.24) is 20.9 Å². The van der Waals surface area contributed by atoms with Gasteiger partial charge in [0.05, 0.1) is 27.0 Å². The number of aromatic nitrogens is 1. The van der Waals surface area contributed by atoms with Crippen LogP contribution in [-0.4, -0.2) is 30.0 Å². The van der Waals surface area contributed by atoms with Gasteiger partial charge in [0, 0.05) is 43.4 Å². The van der Waals surface area contributed by atoms with Gasteiger partial charge in [-0.15, -0.1) is 0 Å². The van der Waals surface area contributed by atoms with Gasteiger partial charge in [0.25, 0.3) is 5.91 Å². The van der Waals surface area contributed by atoms with Crippen LogP contribution in [0.4, 0.5) is 5.82 Å². The summed E-state index contributed by atoms with van der Waals surface area (Å²) in [6.07, 6.45) is 7.83. The third kappa shape index (κ3) is 7.05. The fourth-order valence-corrected chi connectivity index (χ4v) is 3.49. The number of anilines is 1. The maximum atomic E-state index is 12.2. The van der Waals surface area contributed by atoms with Gasteiger partial charge in [-0.05, 0) is 48.9 Å². The van der Waals surface area contributed by atoms with E-state index >= 15 is 0 Å². The molecule has 2 aromatic rings. The number of halogens is 2. The number of dihydropyridines is 1. The molecule has 1 aromatic carbocycles. The molecular weight excluding hydrogens is 485 g/mol. The lowest BCUT2D eigenvalue weighted by atomic mass is 10.0. The number of allylic oxidation sites excluding steroid dienone is 2. The van der Waals surface area contributed by atoms with Crippen LogP contribution in [-0.2, 0) is 11.3 Å². The van der Waals surface area contributed by atoms with E-state index in [-0.39, 0.29) is 17.3 Å². The third-order valence-corrected chi connectivity index (χ3v) is 5.66. The number of hydrogen-bond acceptors (Lipinski definition) is 6. The molecule has 10 heteroatoms. The molecule has 2 heterocycles. The van der Waals surface area contributed by atoms with E-state index in [9.17, 15) is 4.79 Å². The van der Waals surface area contributed by atoms with E-state index in [0.717, 1.165) is 17.5 Å². The number of pyridine rings is 1. The number of aryl methyl sites for hydroxylation is 1. The Morgan fingerprint density at radius 1 is 1.20 bits per heavy atom. The molecule has 0 bridgehead atoms. The fourth-order valence-electron chi connectivity index (χ4n) is 3.17. The van der Waals surface area contributed by atoms with Crippen molar-refractivity contribution in [3.63, 3.8) is 0 Å². The molecule has 0 radical (unpaired) electrons. The lowest BCUT2D eigenvalue weighted by Crippen LogP contribution is -2.25. The number of nitrogens with one attached hydrogen (secondary N) is 6. The molecule has 35 heavy (non-hydrogen) atoms. The SMILES string of the molecule is CNC(=O)/C(C=N)=C1C=C(/C(=C/C(=N)NCc2ccc(Cl)c(Cl)c2)Nc2cccc(C)n2)C=CN\1. The zero-order chi connectivity index (χ0) is 25.4. The van der Waals surface area contributed by atoms with E-state index in [2.05, 4.69) is 26.3 Å². The van der Waals surface area contributed by atoms with Gasteiger partial charge in [-0.3, -0.25) is 10.2 Å². The van der Waals surface area contributed by atoms with Crippen molar-refractivity contribution in [2.45, 2.75) is 13.5 Å². The molecule has 0 aliphatic carbocycles. The molecule has 0 saturated carbocycles. The molecular formula is C25H25Cl2N7O. The molecule has 0 unspecified atom stereocenters. The van der Waals surface area contributed by atoms with Crippen LogP contribution >= 0.6 is 23.2 Å². The Hall–Kier alpha value is -3.88. The second-order valence-corrected chi connectivity index (χ2v) is 8.31. The maximum Gasteiger partial charge on any atom is 0.254 e. The van der Waals surface area contributed by atoms with Gasteiger partial charge >= 0.3 is 0 Å². The van der Waals surface area contributed by atoms with Crippen molar-refractivity contribution in [3.05, 3.63) is 105 Å². The number of amides is 1. The van der Waals surface area contributed by atoms with Crippen LogP contribution in [0.5, 0.6) is 0 Å². The Balaban J connectivity index is 1.93. The predicted molar refractivity (Wildman–Crippen MR) is 142 cm³/mol. The minimum absolute atomic E-state index is 0.142. The van der Waals surface area contributed by atoms with E-state index in [1.165, 1.54) is 7.05 Å². The quantitative estimate of drug-likeness (QED) is 0.178. The highest BCUT2D eigenvalue weighted by molar-refractivity contribution is 6.42. The van der Waals surface area contributed by atoms with Gasteiger partial charge in [-0.1, -0.05) is 35.3 Å². The molecule has 180 valence electrons. The van der Waals surface area contributed by atoms with Gasteiger partial charge in [0.1, 0.15) is 11.7 Å². The number of amidine groups is 1. The molecule has 0 saturated heterocycles. The summed E-state index contributed by atoms with van der Waals surface area (Å²) in [6.45, 7) is 2.26. The second kappa shape index (κ2) is 12.0. The smallest absolute Gasteiger partial charge is 0.254 e. The van der Waals surface area contributed by atoms with E-state index in [4.69, 9.17) is 34.0 Å². The number of benzene rings is 1. The highest BCUT2D eigenvalue weighted by Crippen LogP contribution is 2.23. The maximum absolute atomic E-state index is 12.2. The van der Waals surface area contributed by atoms with Crippen molar-refractivity contribution >= 4 is 47.0 Å². The number of hydrogen-bond donors (Lipinski definition) is 6. The van der Waals surface area contributed by atoms with Crippen molar-refractivity contribution in [1.29, 1.82) is 10.8 Å². The van der Waals surface area contributed by atoms with Crippen LogP contribution in [0.15, 0.2) is 83.4 Å². The molecule has 1 aromatic heterocycles. The Morgan fingerprint density at radius 3 is 2.69 bits per heavy atom. The zero-order valence-corrected chi connectivity index (χ0v) is 20.7. The zero-order valence-electron chi connectivity index (χ0n) is 19.2. The van der Waals surface area contributed by atoms with Crippen molar-refractivity contribution < 1.29 is 4.79 Å². The minimum Gasteiger partial charge on any atom is -0.366 e. The van der Waals surface area contributed by atoms with Crippen LogP contribution in [0.3, 0.4) is 0 Å². The molecule has 0 fully saturated rings. The first-order chi connectivity index (χ1) is 16.8. The molecule has 3 rings (SSSR count). The third-order valence-electron chi connectivity index (χ3n) is 4.93. The van der Waals surface area contributed by atoms with Crippen LogP contribution in [0, 0.1) is 17.7 Å². The van der Waals surface area contributed by atoms with Crippen LogP contribution < -0.4 is 21.3 Å². The van der Waals surface area contributed by atoms with Crippen LogP contribution in [0.25, 0.3) is 0 Å². The summed E-state index contributed by atoms with van der Waals surface area (Å²) in [5.41, 5.74) is 3.60. The number of likely N-dealkylation sites (N-methyl/N-ethyl adjacent to an activating group) is 1. The first-order valence-electron chi connectivity index (χ1n) is 10.6. The Bertz CT molecular complexity index is 1280.